The van der Waals surface area contributed by atoms with Gasteiger partial charge < -0.3 is 0 Å². The molecule has 2 amide bonds. The molecule has 1 aliphatic rings. The van der Waals surface area contributed by atoms with Crippen LogP contribution < -0.4 is 5.48 Å². The SMILES string of the molecule is O=C(CN1C(=O)c2ccccc2S1(=O)=O)NOCc1ccccc1. The Morgan fingerprint density at radius 2 is 1.71 bits per heavy atom. The molecule has 0 saturated carbocycles. The second-order valence-corrected chi connectivity index (χ2v) is 6.94. The molecule has 0 saturated heterocycles. The molecule has 8 heteroatoms. The molecule has 3 rings (SSSR count). The van der Waals surface area contributed by atoms with Crippen LogP contribution in [0.25, 0.3) is 0 Å². The fraction of sp³-hybridized carbons (Fsp3) is 0.125. The number of nitrogens with one attached hydrogen (secondary N) is 1. The van der Waals surface area contributed by atoms with Crippen molar-refractivity contribution in [1.82, 2.24) is 9.79 Å². The number of benzene rings is 2. The van der Waals surface area contributed by atoms with Gasteiger partial charge >= 0.3 is 0 Å². The van der Waals surface area contributed by atoms with E-state index >= 15 is 0 Å². The summed E-state index contributed by atoms with van der Waals surface area (Å²) in [7, 11) is -4.00. The molecule has 0 fully saturated rings. The normalized spacial score (nSPS) is 15.2. The smallest absolute Gasteiger partial charge is 0.269 e. The van der Waals surface area contributed by atoms with E-state index in [0.717, 1.165) is 5.56 Å². The van der Waals surface area contributed by atoms with E-state index in [-0.39, 0.29) is 17.1 Å². The summed E-state index contributed by atoms with van der Waals surface area (Å²) in [6.45, 7) is -0.502. The van der Waals surface area contributed by atoms with Gasteiger partial charge in [-0.15, -0.1) is 0 Å². The first kappa shape index (κ1) is 16.2. The maximum Gasteiger partial charge on any atom is 0.269 e. The number of nitrogens with zero attached hydrogens (tertiary/aromatic N) is 1. The van der Waals surface area contributed by atoms with Crippen molar-refractivity contribution >= 4 is 21.8 Å². The molecule has 0 aliphatic carbocycles. The van der Waals surface area contributed by atoms with Gasteiger partial charge in [0.05, 0.1) is 12.2 Å². The predicted octanol–water partition coefficient (Wildman–Crippen LogP) is 1.08. The maximum atomic E-state index is 12.3. The lowest BCUT2D eigenvalue weighted by Crippen LogP contribution is -2.40. The Morgan fingerprint density at radius 3 is 2.42 bits per heavy atom. The van der Waals surface area contributed by atoms with Gasteiger partial charge in [0.2, 0.25) is 0 Å². The minimum atomic E-state index is -4.00. The zero-order valence-electron chi connectivity index (χ0n) is 12.5. The molecule has 1 aliphatic heterocycles. The van der Waals surface area contributed by atoms with Crippen molar-refractivity contribution in [2.75, 3.05) is 6.54 Å². The molecule has 0 spiro atoms. The van der Waals surface area contributed by atoms with E-state index < -0.39 is 28.4 Å². The second-order valence-electron chi connectivity index (χ2n) is 5.11. The third-order valence-electron chi connectivity index (χ3n) is 3.47. The summed E-state index contributed by atoms with van der Waals surface area (Å²) in [5, 5.41) is 0. The summed E-state index contributed by atoms with van der Waals surface area (Å²) >= 11 is 0. The number of hydrogen-bond donors (Lipinski definition) is 1. The number of carbonyl (C=O) groups excluding carboxylic acids is 2. The van der Waals surface area contributed by atoms with E-state index in [1.165, 1.54) is 18.2 Å². The molecule has 124 valence electrons. The zero-order valence-corrected chi connectivity index (χ0v) is 13.3. The Morgan fingerprint density at radius 1 is 1.04 bits per heavy atom. The number of rotatable bonds is 5. The van der Waals surface area contributed by atoms with Crippen molar-refractivity contribution in [2.24, 2.45) is 0 Å². The minimum absolute atomic E-state index is 0.0653. The van der Waals surface area contributed by atoms with Gasteiger partial charge in [-0.1, -0.05) is 42.5 Å². The van der Waals surface area contributed by atoms with E-state index in [1.807, 2.05) is 30.3 Å². The molecule has 0 atom stereocenters. The molecular formula is C16H14N2O5S. The van der Waals surface area contributed by atoms with Crippen molar-refractivity contribution in [3.63, 3.8) is 0 Å². The zero-order chi connectivity index (χ0) is 17.2. The summed E-state index contributed by atoms with van der Waals surface area (Å²) in [5.41, 5.74) is 3.05. The van der Waals surface area contributed by atoms with Crippen LogP contribution in [0.1, 0.15) is 15.9 Å². The molecule has 0 aromatic heterocycles. The van der Waals surface area contributed by atoms with Crippen LogP contribution in [0.3, 0.4) is 0 Å². The molecule has 2 aromatic carbocycles. The van der Waals surface area contributed by atoms with Gasteiger partial charge in [-0.25, -0.2) is 18.2 Å². The number of hydrogen-bond acceptors (Lipinski definition) is 5. The summed E-state index contributed by atoms with van der Waals surface area (Å²) in [6, 6.07) is 15.0. The molecular weight excluding hydrogens is 332 g/mol. The Labute approximate surface area is 138 Å². The fourth-order valence-electron chi connectivity index (χ4n) is 2.32. The monoisotopic (exact) mass is 346 g/mol. The number of carbonyl (C=O) groups is 2. The quantitative estimate of drug-likeness (QED) is 0.818. The molecule has 24 heavy (non-hydrogen) atoms. The van der Waals surface area contributed by atoms with Crippen LogP contribution in [0, 0.1) is 0 Å². The van der Waals surface area contributed by atoms with Crippen LogP contribution in [-0.2, 0) is 26.3 Å². The van der Waals surface area contributed by atoms with Crippen molar-refractivity contribution in [3.8, 4) is 0 Å². The van der Waals surface area contributed by atoms with Crippen molar-refractivity contribution < 1.29 is 22.8 Å². The van der Waals surface area contributed by atoms with Gasteiger partial charge in [0.25, 0.3) is 21.8 Å². The highest BCUT2D eigenvalue weighted by Gasteiger charge is 2.41. The van der Waals surface area contributed by atoms with Crippen molar-refractivity contribution in [2.45, 2.75) is 11.5 Å². The van der Waals surface area contributed by atoms with Crippen molar-refractivity contribution in [1.29, 1.82) is 0 Å². The van der Waals surface area contributed by atoms with Gasteiger partial charge in [0.1, 0.15) is 11.4 Å². The van der Waals surface area contributed by atoms with Crippen LogP contribution in [0.15, 0.2) is 59.5 Å². The van der Waals surface area contributed by atoms with Crippen LogP contribution >= 0.6 is 0 Å². The first-order valence-electron chi connectivity index (χ1n) is 7.11. The molecule has 2 aromatic rings. The third kappa shape index (κ3) is 3.01. The molecule has 0 bridgehead atoms. The van der Waals surface area contributed by atoms with Crippen molar-refractivity contribution in [3.05, 3.63) is 65.7 Å². The van der Waals surface area contributed by atoms with E-state index in [1.54, 1.807) is 6.07 Å². The molecule has 0 unspecified atom stereocenters. The maximum absolute atomic E-state index is 12.3. The standard InChI is InChI=1S/C16H14N2O5S/c19-15(17-23-11-12-6-2-1-3-7-12)10-18-16(20)13-8-4-5-9-14(13)24(18,21)22/h1-9H,10-11H2,(H,17,19). The molecule has 1 heterocycles. The Kier molecular flexibility index (Phi) is 4.32. The number of sulfonamides is 1. The highest BCUT2D eigenvalue weighted by atomic mass is 32.2. The first-order valence-corrected chi connectivity index (χ1v) is 8.55. The highest BCUT2D eigenvalue weighted by Crippen LogP contribution is 2.29. The lowest BCUT2D eigenvalue weighted by atomic mass is 10.2. The van der Waals surface area contributed by atoms with Crippen LogP contribution in [0.4, 0.5) is 0 Å². The number of amides is 2. The van der Waals surface area contributed by atoms with Crippen LogP contribution in [0.2, 0.25) is 0 Å². The molecule has 0 radical (unpaired) electrons. The predicted molar refractivity (Wildman–Crippen MR) is 84.0 cm³/mol. The average molecular weight is 346 g/mol. The van der Waals surface area contributed by atoms with Crippen LogP contribution in [-0.4, -0.2) is 31.1 Å². The summed E-state index contributed by atoms with van der Waals surface area (Å²) in [6.07, 6.45) is 0. The fourth-order valence-corrected chi connectivity index (χ4v) is 3.85. The van der Waals surface area contributed by atoms with E-state index in [4.69, 9.17) is 4.84 Å². The third-order valence-corrected chi connectivity index (χ3v) is 5.25. The van der Waals surface area contributed by atoms with Gasteiger partial charge in [0, 0.05) is 0 Å². The lowest BCUT2D eigenvalue weighted by Gasteiger charge is -2.14. The summed E-state index contributed by atoms with van der Waals surface area (Å²) in [4.78, 5) is 29.0. The van der Waals surface area contributed by atoms with Gasteiger partial charge in [-0.3, -0.25) is 14.4 Å². The Hall–Kier alpha value is -2.71. The van der Waals surface area contributed by atoms with Crippen LogP contribution in [0.5, 0.6) is 0 Å². The van der Waals surface area contributed by atoms with E-state index in [9.17, 15) is 18.0 Å². The Bertz CT molecular complexity index is 880. The first-order chi connectivity index (χ1) is 11.5. The number of hydroxylamine groups is 1. The summed E-state index contributed by atoms with van der Waals surface area (Å²) in [5.74, 6) is -1.44. The lowest BCUT2D eigenvalue weighted by molar-refractivity contribution is -0.134. The minimum Gasteiger partial charge on any atom is -0.271 e. The van der Waals surface area contributed by atoms with Gasteiger partial charge in [-0.2, -0.15) is 0 Å². The largest absolute Gasteiger partial charge is 0.271 e. The molecule has 7 nitrogen and oxygen atoms in total. The Balaban J connectivity index is 1.62. The molecule has 1 N–H and O–H groups in total. The highest BCUT2D eigenvalue weighted by molar-refractivity contribution is 7.90. The van der Waals surface area contributed by atoms with E-state index in [2.05, 4.69) is 5.48 Å². The average Bonchev–Trinajstić information content (AvgIpc) is 2.77. The topological polar surface area (TPSA) is 92.8 Å². The van der Waals surface area contributed by atoms with E-state index in [0.29, 0.717) is 4.31 Å². The number of fused-ring (bicyclic) bond motifs is 1. The summed E-state index contributed by atoms with van der Waals surface area (Å²) < 4.78 is 25.2. The van der Waals surface area contributed by atoms with Gasteiger partial charge in [-0.05, 0) is 17.7 Å². The van der Waals surface area contributed by atoms with Gasteiger partial charge in [0.15, 0.2) is 0 Å². The second kappa shape index (κ2) is 6.42.